The highest BCUT2D eigenvalue weighted by atomic mass is 19.1. The smallest absolute Gasteiger partial charge is 0.310 e. The van der Waals surface area contributed by atoms with Gasteiger partial charge in [0.25, 0.3) is 0 Å². The summed E-state index contributed by atoms with van der Waals surface area (Å²) in [5, 5.41) is 9.35. The fraction of sp³-hybridized carbons (Fsp3) is 0.467. The van der Waals surface area contributed by atoms with Gasteiger partial charge in [-0.15, -0.1) is 0 Å². The lowest BCUT2D eigenvalue weighted by Gasteiger charge is -2.23. The highest BCUT2D eigenvalue weighted by Gasteiger charge is 2.43. The molecule has 21 heavy (non-hydrogen) atoms. The number of primary amides is 1. The zero-order valence-corrected chi connectivity index (χ0v) is 11.9. The third-order valence-electron chi connectivity index (χ3n) is 4.29. The van der Waals surface area contributed by atoms with Crippen LogP contribution in [0.25, 0.3) is 0 Å². The van der Waals surface area contributed by atoms with Gasteiger partial charge < -0.3 is 10.8 Å². The van der Waals surface area contributed by atoms with Crippen molar-refractivity contribution >= 4 is 11.9 Å². The number of carboxylic acid groups (broad SMARTS) is 1. The number of likely N-dealkylation sites (tertiary alicyclic amines) is 1. The Bertz CT molecular complexity index is 576. The number of nitrogens with two attached hydrogens (primary N) is 1. The Morgan fingerprint density at radius 2 is 2.19 bits per heavy atom. The number of halogens is 1. The standard InChI is InChI=1S/C15H19FN2O3/c1-2-15(14(20)21)5-6-18(9-15)8-11-4-3-10(13(17)19)7-12(11)16/h3-4,7H,2,5-6,8-9H2,1H3,(H2,17,19)(H,20,21). The molecule has 1 aromatic rings. The van der Waals surface area contributed by atoms with Crippen LogP contribution in [0.5, 0.6) is 0 Å². The molecule has 1 amide bonds. The van der Waals surface area contributed by atoms with Gasteiger partial charge in [-0.25, -0.2) is 4.39 Å². The summed E-state index contributed by atoms with van der Waals surface area (Å²) in [6.45, 7) is 3.23. The second-order valence-electron chi connectivity index (χ2n) is 5.57. The Hall–Kier alpha value is -1.95. The molecule has 2 rings (SSSR count). The van der Waals surface area contributed by atoms with Crippen molar-refractivity contribution in [3.05, 3.63) is 35.1 Å². The zero-order valence-electron chi connectivity index (χ0n) is 11.9. The van der Waals surface area contributed by atoms with Gasteiger partial charge in [-0.1, -0.05) is 13.0 Å². The maximum absolute atomic E-state index is 13.9. The first-order chi connectivity index (χ1) is 9.88. The fourth-order valence-corrected chi connectivity index (χ4v) is 2.78. The van der Waals surface area contributed by atoms with Gasteiger partial charge in [-0.3, -0.25) is 14.5 Å². The third kappa shape index (κ3) is 3.05. The molecule has 1 heterocycles. The van der Waals surface area contributed by atoms with Crippen LogP contribution in [-0.4, -0.2) is 35.0 Å². The van der Waals surface area contributed by atoms with E-state index in [-0.39, 0.29) is 5.56 Å². The predicted octanol–water partition coefficient (Wildman–Crippen LogP) is 1.61. The van der Waals surface area contributed by atoms with E-state index in [1.807, 2.05) is 11.8 Å². The van der Waals surface area contributed by atoms with E-state index in [2.05, 4.69) is 0 Å². The van der Waals surface area contributed by atoms with E-state index >= 15 is 0 Å². The van der Waals surface area contributed by atoms with Gasteiger partial charge in [-0.2, -0.15) is 0 Å². The van der Waals surface area contributed by atoms with Crippen LogP contribution >= 0.6 is 0 Å². The minimum atomic E-state index is -0.794. The van der Waals surface area contributed by atoms with Crippen LogP contribution in [0.1, 0.15) is 35.7 Å². The van der Waals surface area contributed by atoms with Crippen molar-refractivity contribution in [3.8, 4) is 0 Å². The Morgan fingerprint density at radius 1 is 1.48 bits per heavy atom. The Labute approximate surface area is 122 Å². The molecular weight excluding hydrogens is 275 g/mol. The number of amides is 1. The molecule has 1 saturated heterocycles. The van der Waals surface area contributed by atoms with Crippen LogP contribution in [0.4, 0.5) is 4.39 Å². The lowest BCUT2D eigenvalue weighted by atomic mass is 9.84. The number of benzene rings is 1. The molecule has 0 spiro atoms. The molecule has 114 valence electrons. The summed E-state index contributed by atoms with van der Waals surface area (Å²) < 4.78 is 13.9. The molecule has 0 aromatic heterocycles. The van der Waals surface area contributed by atoms with Crippen LogP contribution in [0.15, 0.2) is 18.2 Å². The lowest BCUT2D eigenvalue weighted by molar-refractivity contribution is -0.148. The molecule has 1 aromatic carbocycles. The fourth-order valence-electron chi connectivity index (χ4n) is 2.78. The Balaban J connectivity index is 2.10. The van der Waals surface area contributed by atoms with Crippen molar-refractivity contribution in [2.45, 2.75) is 26.3 Å². The van der Waals surface area contributed by atoms with Crippen LogP contribution in [-0.2, 0) is 11.3 Å². The zero-order chi connectivity index (χ0) is 15.6. The van der Waals surface area contributed by atoms with E-state index in [1.54, 1.807) is 0 Å². The van der Waals surface area contributed by atoms with Gasteiger partial charge >= 0.3 is 5.97 Å². The summed E-state index contributed by atoms with van der Waals surface area (Å²) in [5.74, 6) is -1.95. The van der Waals surface area contributed by atoms with Crippen molar-refractivity contribution in [2.24, 2.45) is 11.1 Å². The molecule has 0 bridgehead atoms. The monoisotopic (exact) mass is 294 g/mol. The first kappa shape index (κ1) is 15.4. The molecule has 1 atom stereocenters. The van der Waals surface area contributed by atoms with Crippen molar-refractivity contribution < 1.29 is 19.1 Å². The molecule has 5 nitrogen and oxygen atoms in total. The van der Waals surface area contributed by atoms with Gasteiger partial charge in [0, 0.05) is 24.2 Å². The van der Waals surface area contributed by atoms with Crippen molar-refractivity contribution in [2.75, 3.05) is 13.1 Å². The second-order valence-corrected chi connectivity index (χ2v) is 5.57. The average Bonchev–Trinajstić information content (AvgIpc) is 2.85. The largest absolute Gasteiger partial charge is 0.481 e. The molecule has 6 heteroatoms. The number of hydrogen-bond acceptors (Lipinski definition) is 3. The summed E-state index contributed by atoms with van der Waals surface area (Å²) in [4.78, 5) is 24.3. The van der Waals surface area contributed by atoms with E-state index in [0.29, 0.717) is 38.0 Å². The average molecular weight is 294 g/mol. The maximum Gasteiger partial charge on any atom is 0.310 e. The van der Waals surface area contributed by atoms with Crippen LogP contribution in [0, 0.1) is 11.2 Å². The number of nitrogens with zero attached hydrogens (tertiary/aromatic N) is 1. The van der Waals surface area contributed by atoms with Gasteiger partial charge in [-0.05, 0) is 31.5 Å². The highest BCUT2D eigenvalue weighted by Crippen LogP contribution is 2.35. The number of rotatable bonds is 5. The number of aliphatic carboxylic acids is 1. The van der Waals surface area contributed by atoms with Gasteiger partial charge in [0.1, 0.15) is 5.82 Å². The third-order valence-corrected chi connectivity index (χ3v) is 4.29. The van der Waals surface area contributed by atoms with E-state index in [0.717, 1.165) is 6.07 Å². The van der Waals surface area contributed by atoms with E-state index < -0.39 is 23.1 Å². The molecular formula is C15H19FN2O3. The Morgan fingerprint density at radius 3 is 2.67 bits per heavy atom. The summed E-state index contributed by atoms with van der Waals surface area (Å²) in [6, 6.07) is 4.14. The molecule has 1 aliphatic rings. The lowest BCUT2D eigenvalue weighted by Crippen LogP contribution is -2.34. The van der Waals surface area contributed by atoms with Crippen LogP contribution in [0.2, 0.25) is 0 Å². The number of carbonyl (C=O) groups is 2. The summed E-state index contributed by atoms with van der Waals surface area (Å²) in [7, 11) is 0. The molecule has 1 aliphatic heterocycles. The quantitative estimate of drug-likeness (QED) is 0.864. The normalized spacial score (nSPS) is 22.4. The van der Waals surface area contributed by atoms with E-state index in [4.69, 9.17) is 5.73 Å². The summed E-state index contributed by atoms with van der Waals surface area (Å²) >= 11 is 0. The second kappa shape index (κ2) is 5.81. The molecule has 0 saturated carbocycles. The molecule has 0 radical (unpaired) electrons. The minimum Gasteiger partial charge on any atom is -0.481 e. The predicted molar refractivity (Wildman–Crippen MR) is 75.2 cm³/mol. The van der Waals surface area contributed by atoms with Gasteiger partial charge in [0.05, 0.1) is 5.41 Å². The first-order valence-corrected chi connectivity index (χ1v) is 6.92. The van der Waals surface area contributed by atoms with Crippen molar-refractivity contribution in [3.63, 3.8) is 0 Å². The van der Waals surface area contributed by atoms with Crippen LogP contribution in [0.3, 0.4) is 0 Å². The van der Waals surface area contributed by atoms with Gasteiger partial charge in [0.2, 0.25) is 5.91 Å². The molecule has 3 N–H and O–H groups in total. The molecule has 1 unspecified atom stereocenters. The van der Waals surface area contributed by atoms with Crippen LogP contribution < -0.4 is 5.73 Å². The summed E-state index contributed by atoms with van der Waals surface area (Å²) in [5.41, 5.74) is 4.94. The molecule has 0 aliphatic carbocycles. The number of hydrogen-bond donors (Lipinski definition) is 2. The van der Waals surface area contributed by atoms with Gasteiger partial charge in [0.15, 0.2) is 0 Å². The van der Waals surface area contributed by atoms with Crippen molar-refractivity contribution in [1.29, 1.82) is 0 Å². The summed E-state index contributed by atoms with van der Waals surface area (Å²) in [6.07, 6.45) is 1.13. The van der Waals surface area contributed by atoms with E-state index in [9.17, 15) is 19.1 Å². The molecule has 1 fully saturated rings. The Kier molecular flexibility index (Phi) is 4.27. The van der Waals surface area contributed by atoms with E-state index in [1.165, 1.54) is 12.1 Å². The number of carbonyl (C=O) groups excluding carboxylic acids is 1. The SMILES string of the molecule is CCC1(C(=O)O)CCN(Cc2ccc(C(N)=O)cc2F)C1. The number of carboxylic acids is 1. The minimum absolute atomic E-state index is 0.131. The first-order valence-electron chi connectivity index (χ1n) is 6.92. The highest BCUT2D eigenvalue weighted by molar-refractivity contribution is 5.92. The topological polar surface area (TPSA) is 83.6 Å². The maximum atomic E-state index is 13.9. The van der Waals surface area contributed by atoms with Crippen molar-refractivity contribution in [1.82, 2.24) is 4.90 Å².